The zero-order valence-corrected chi connectivity index (χ0v) is 12.2. The third-order valence-corrected chi connectivity index (χ3v) is 5.03. The summed E-state index contributed by atoms with van der Waals surface area (Å²) in [6.45, 7) is 2.29. The van der Waals surface area contributed by atoms with Crippen LogP contribution in [0.15, 0.2) is 24.5 Å². The van der Waals surface area contributed by atoms with Crippen LogP contribution in [0.25, 0.3) is 0 Å². The molecule has 0 bridgehead atoms. The van der Waals surface area contributed by atoms with Gasteiger partial charge in [-0.3, -0.25) is 9.78 Å². The Bertz CT molecular complexity index is 559. The zero-order valence-electron chi connectivity index (χ0n) is 11.4. The fraction of sp³-hybridized carbons (Fsp3) is 0.538. The predicted molar refractivity (Wildman–Crippen MR) is 75.9 cm³/mol. The predicted octanol–water partition coefficient (Wildman–Crippen LogP) is 0.0355. The van der Waals surface area contributed by atoms with Crippen molar-refractivity contribution in [1.29, 1.82) is 0 Å². The van der Waals surface area contributed by atoms with Crippen molar-refractivity contribution < 1.29 is 13.2 Å². The first-order valence-electron chi connectivity index (χ1n) is 6.59. The van der Waals surface area contributed by atoms with Crippen molar-refractivity contribution in [3.8, 4) is 0 Å². The lowest BCUT2D eigenvalue weighted by Gasteiger charge is -2.24. The highest BCUT2D eigenvalue weighted by Crippen LogP contribution is 2.11. The zero-order chi connectivity index (χ0) is 14.6. The van der Waals surface area contributed by atoms with Gasteiger partial charge in [0.15, 0.2) is 9.84 Å². The highest BCUT2D eigenvalue weighted by molar-refractivity contribution is 7.91. The third kappa shape index (κ3) is 4.28. The quantitative estimate of drug-likeness (QED) is 0.819. The smallest absolute Gasteiger partial charge is 0.222 e. The van der Waals surface area contributed by atoms with Gasteiger partial charge in [-0.15, -0.1) is 0 Å². The summed E-state index contributed by atoms with van der Waals surface area (Å²) in [5, 5.41) is 5.92. The summed E-state index contributed by atoms with van der Waals surface area (Å²) < 4.78 is 23.0. The average molecular weight is 297 g/mol. The lowest BCUT2D eigenvalue weighted by molar-refractivity contribution is -0.122. The third-order valence-electron chi connectivity index (χ3n) is 3.29. The first-order chi connectivity index (χ1) is 9.46. The van der Waals surface area contributed by atoms with Gasteiger partial charge in [-0.05, 0) is 18.6 Å². The number of sulfone groups is 1. The Kier molecular flexibility index (Phi) is 4.72. The highest BCUT2D eigenvalue weighted by atomic mass is 32.2. The molecule has 6 nitrogen and oxygen atoms in total. The van der Waals surface area contributed by atoms with E-state index < -0.39 is 9.84 Å². The standard InChI is InChI=1S/C13H19N3O3S/c1-10(11-3-2-4-14-8-11)16-13(17)7-12-9-20(18,19)6-5-15-12/h2-4,8,10,12,15H,5-7,9H2,1H3,(H,16,17)/t10-,12?/m0/s1. The average Bonchev–Trinajstić information content (AvgIpc) is 2.38. The topological polar surface area (TPSA) is 88.2 Å². The molecule has 1 aromatic heterocycles. The van der Waals surface area contributed by atoms with E-state index in [9.17, 15) is 13.2 Å². The lowest BCUT2D eigenvalue weighted by atomic mass is 10.1. The maximum atomic E-state index is 11.9. The molecule has 2 heterocycles. The summed E-state index contributed by atoms with van der Waals surface area (Å²) in [5.74, 6) is 0.0229. The molecule has 0 saturated carbocycles. The molecular formula is C13H19N3O3S. The second-order valence-electron chi connectivity index (χ2n) is 5.05. The van der Waals surface area contributed by atoms with Crippen LogP contribution in [-0.4, -0.2) is 43.4 Å². The van der Waals surface area contributed by atoms with Crippen LogP contribution in [0.3, 0.4) is 0 Å². The Morgan fingerprint density at radius 2 is 2.40 bits per heavy atom. The van der Waals surface area contributed by atoms with Crippen LogP contribution >= 0.6 is 0 Å². The molecule has 2 rings (SSSR count). The summed E-state index contributed by atoms with van der Waals surface area (Å²) in [6.07, 6.45) is 3.55. The molecule has 1 saturated heterocycles. The van der Waals surface area contributed by atoms with Crippen LogP contribution in [0.5, 0.6) is 0 Å². The molecule has 2 atom stereocenters. The molecule has 1 amide bonds. The number of hydrogen-bond acceptors (Lipinski definition) is 5. The number of nitrogens with zero attached hydrogens (tertiary/aromatic N) is 1. The summed E-state index contributed by atoms with van der Waals surface area (Å²) >= 11 is 0. The molecule has 0 spiro atoms. The fourth-order valence-electron chi connectivity index (χ4n) is 2.24. The molecule has 1 fully saturated rings. The number of carbonyl (C=O) groups is 1. The van der Waals surface area contributed by atoms with E-state index in [1.807, 2.05) is 19.1 Å². The Morgan fingerprint density at radius 1 is 1.60 bits per heavy atom. The molecular weight excluding hydrogens is 278 g/mol. The molecule has 1 aliphatic rings. The van der Waals surface area contributed by atoms with Gasteiger partial charge in [0.2, 0.25) is 5.91 Å². The Labute approximate surface area is 118 Å². The molecule has 0 aromatic carbocycles. The van der Waals surface area contributed by atoms with Crippen LogP contribution in [0, 0.1) is 0 Å². The van der Waals surface area contributed by atoms with Gasteiger partial charge in [-0.2, -0.15) is 0 Å². The molecule has 20 heavy (non-hydrogen) atoms. The van der Waals surface area contributed by atoms with Gasteiger partial charge in [-0.1, -0.05) is 6.07 Å². The largest absolute Gasteiger partial charge is 0.349 e. The molecule has 0 radical (unpaired) electrons. The second-order valence-corrected chi connectivity index (χ2v) is 7.27. The Balaban J connectivity index is 1.86. The van der Waals surface area contributed by atoms with Gasteiger partial charge in [0.25, 0.3) is 0 Å². The molecule has 7 heteroatoms. The first-order valence-corrected chi connectivity index (χ1v) is 8.41. The molecule has 0 aliphatic carbocycles. The van der Waals surface area contributed by atoms with Crippen LogP contribution in [0.2, 0.25) is 0 Å². The van der Waals surface area contributed by atoms with Crippen molar-refractivity contribution in [2.75, 3.05) is 18.1 Å². The van der Waals surface area contributed by atoms with Gasteiger partial charge in [0, 0.05) is 31.4 Å². The number of rotatable bonds is 4. The molecule has 2 N–H and O–H groups in total. The van der Waals surface area contributed by atoms with E-state index in [-0.39, 0.29) is 35.9 Å². The fourth-order valence-corrected chi connectivity index (χ4v) is 3.68. The highest BCUT2D eigenvalue weighted by Gasteiger charge is 2.26. The monoisotopic (exact) mass is 297 g/mol. The van der Waals surface area contributed by atoms with Gasteiger partial charge >= 0.3 is 0 Å². The van der Waals surface area contributed by atoms with Gasteiger partial charge in [0.1, 0.15) is 0 Å². The van der Waals surface area contributed by atoms with Crippen molar-refractivity contribution in [3.05, 3.63) is 30.1 Å². The first kappa shape index (κ1) is 14.9. The van der Waals surface area contributed by atoms with E-state index in [4.69, 9.17) is 0 Å². The van der Waals surface area contributed by atoms with Crippen molar-refractivity contribution in [2.24, 2.45) is 0 Å². The van der Waals surface area contributed by atoms with E-state index in [1.165, 1.54) is 0 Å². The number of hydrogen-bond donors (Lipinski definition) is 2. The van der Waals surface area contributed by atoms with Crippen LogP contribution in [0.1, 0.15) is 24.9 Å². The van der Waals surface area contributed by atoms with Crippen molar-refractivity contribution in [2.45, 2.75) is 25.4 Å². The minimum Gasteiger partial charge on any atom is -0.349 e. The normalized spacial score (nSPS) is 22.9. The van der Waals surface area contributed by atoms with Crippen LogP contribution in [0.4, 0.5) is 0 Å². The molecule has 1 unspecified atom stereocenters. The van der Waals surface area contributed by atoms with E-state index in [1.54, 1.807) is 12.4 Å². The maximum absolute atomic E-state index is 11.9. The second kappa shape index (κ2) is 6.32. The van der Waals surface area contributed by atoms with Crippen molar-refractivity contribution >= 4 is 15.7 Å². The van der Waals surface area contributed by atoms with E-state index in [0.717, 1.165) is 5.56 Å². The maximum Gasteiger partial charge on any atom is 0.222 e. The summed E-state index contributed by atoms with van der Waals surface area (Å²) in [5.41, 5.74) is 0.921. The number of nitrogens with one attached hydrogen (secondary N) is 2. The number of amides is 1. The SMILES string of the molecule is C[C@H](NC(=O)CC1CS(=O)(=O)CCN1)c1cccnc1. The minimum absolute atomic E-state index is 0.0295. The summed E-state index contributed by atoms with van der Waals surface area (Å²) in [6, 6.07) is 3.26. The molecule has 110 valence electrons. The van der Waals surface area contributed by atoms with Crippen LogP contribution in [-0.2, 0) is 14.6 Å². The molecule has 1 aliphatic heterocycles. The minimum atomic E-state index is -3.01. The van der Waals surface area contributed by atoms with Gasteiger partial charge < -0.3 is 10.6 Å². The van der Waals surface area contributed by atoms with Crippen molar-refractivity contribution in [1.82, 2.24) is 15.6 Å². The lowest BCUT2D eigenvalue weighted by Crippen LogP contribution is -2.47. The van der Waals surface area contributed by atoms with Gasteiger partial charge in [0.05, 0.1) is 17.5 Å². The summed E-state index contributed by atoms with van der Waals surface area (Å²) in [7, 11) is -3.01. The van der Waals surface area contributed by atoms with E-state index >= 15 is 0 Å². The Morgan fingerprint density at radius 3 is 3.05 bits per heavy atom. The number of pyridine rings is 1. The van der Waals surface area contributed by atoms with Gasteiger partial charge in [-0.25, -0.2) is 8.42 Å². The number of aromatic nitrogens is 1. The Hall–Kier alpha value is -1.47. The van der Waals surface area contributed by atoms with E-state index in [0.29, 0.717) is 6.54 Å². The van der Waals surface area contributed by atoms with E-state index in [2.05, 4.69) is 15.6 Å². The molecule has 1 aromatic rings. The van der Waals surface area contributed by atoms with Crippen molar-refractivity contribution in [3.63, 3.8) is 0 Å². The van der Waals surface area contributed by atoms with Crippen LogP contribution < -0.4 is 10.6 Å². The summed E-state index contributed by atoms with van der Waals surface area (Å²) in [4.78, 5) is 15.9. The number of carbonyl (C=O) groups excluding carboxylic acids is 1.